The van der Waals surface area contributed by atoms with Crippen LogP contribution >= 0.6 is 11.6 Å². The van der Waals surface area contributed by atoms with Crippen LogP contribution in [0, 0.1) is 11.3 Å². The predicted molar refractivity (Wildman–Crippen MR) is 54.4 cm³/mol. The van der Waals surface area contributed by atoms with E-state index in [0.717, 1.165) is 5.69 Å². The summed E-state index contributed by atoms with van der Waals surface area (Å²) in [6.45, 7) is 1.40. The predicted octanol–water partition coefficient (Wildman–Crippen LogP) is 2.02. The van der Waals surface area contributed by atoms with Crippen molar-refractivity contribution in [3.8, 4) is 6.07 Å². The molecule has 1 N–H and O–H groups in total. The van der Waals surface area contributed by atoms with Crippen molar-refractivity contribution in [1.29, 1.82) is 5.26 Å². The molecule has 72 valence electrons. The van der Waals surface area contributed by atoms with E-state index < -0.39 is 0 Å². The van der Waals surface area contributed by atoms with Gasteiger partial charge in [-0.3, -0.25) is 0 Å². The summed E-state index contributed by atoms with van der Waals surface area (Å²) in [6.07, 6.45) is 0. The highest BCUT2D eigenvalue weighted by atomic mass is 35.5. The highest BCUT2D eigenvalue weighted by Gasteiger charge is 2.18. The van der Waals surface area contributed by atoms with Crippen LogP contribution in [0.4, 0.5) is 5.69 Å². The SMILES string of the molecule is N#Cc1ccc(Cl)c(NC2COC2)c1. The van der Waals surface area contributed by atoms with Crippen LogP contribution in [-0.2, 0) is 4.74 Å². The van der Waals surface area contributed by atoms with Gasteiger partial charge in [-0.25, -0.2) is 0 Å². The third-order valence-electron chi connectivity index (χ3n) is 2.09. The molecule has 0 radical (unpaired) electrons. The number of benzene rings is 1. The van der Waals surface area contributed by atoms with Gasteiger partial charge in [0.25, 0.3) is 0 Å². The van der Waals surface area contributed by atoms with Crippen molar-refractivity contribution in [3.05, 3.63) is 28.8 Å². The Morgan fingerprint density at radius 2 is 2.29 bits per heavy atom. The highest BCUT2D eigenvalue weighted by molar-refractivity contribution is 6.33. The number of nitrogens with one attached hydrogen (secondary N) is 1. The third kappa shape index (κ3) is 1.82. The maximum Gasteiger partial charge on any atom is 0.0992 e. The van der Waals surface area contributed by atoms with E-state index in [4.69, 9.17) is 21.6 Å². The standard InChI is InChI=1S/C10H9ClN2O/c11-9-2-1-7(4-12)3-10(9)13-8-5-14-6-8/h1-3,8,13H,5-6H2. The van der Waals surface area contributed by atoms with Gasteiger partial charge in [0.2, 0.25) is 0 Å². The summed E-state index contributed by atoms with van der Waals surface area (Å²) >= 11 is 5.97. The van der Waals surface area contributed by atoms with Gasteiger partial charge in [-0.05, 0) is 18.2 Å². The number of rotatable bonds is 2. The minimum absolute atomic E-state index is 0.321. The number of halogens is 1. The van der Waals surface area contributed by atoms with Crippen molar-refractivity contribution < 1.29 is 4.74 Å². The van der Waals surface area contributed by atoms with Gasteiger partial charge in [-0.2, -0.15) is 5.26 Å². The second-order valence-corrected chi connectivity index (χ2v) is 3.59. The van der Waals surface area contributed by atoms with Gasteiger partial charge in [0, 0.05) is 0 Å². The van der Waals surface area contributed by atoms with Crippen LogP contribution in [0.5, 0.6) is 0 Å². The van der Waals surface area contributed by atoms with Crippen LogP contribution in [0.25, 0.3) is 0 Å². The van der Waals surface area contributed by atoms with Crippen LogP contribution < -0.4 is 5.32 Å². The molecular formula is C10H9ClN2O. The van der Waals surface area contributed by atoms with Crippen molar-refractivity contribution in [3.63, 3.8) is 0 Å². The zero-order valence-corrected chi connectivity index (χ0v) is 8.21. The molecule has 1 heterocycles. The van der Waals surface area contributed by atoms with Crippen molar-refractivity contribution in [2.45, 2.75) is 6.04 Å². The van der Waals surface area contributed by atoms with E-state index >= 15 is 0 Å². The van der Waals surface area contributed by atoms with E-state index in [1.807, 2.05) is 0 Å². The summed E-state index contributed by atoms with van der Waals surface area (Å²) in [4.78, 5) is 0. The fraction of sp³-hybridized carbons (Fsp3) is 0.300. The van der Waals surface area contributed by atoms with Gasteiger partial charge >= 0.3 is 0 Å². The van der Waals surface area contributed by atoms with E-state index in [1.165, 1.54) is 0 Å². The van der Waals surface area contributed by atoms with E-state index in [1.54, 1.807) is 18.2 Å². The molecule has 2 rings (SSSR count). The Morgan fingerprint density at radius 3 is 2.86 bits per heavy atom. The average Bonchev–Trinajstić information content (AvgIpc) is 2.14. The molecule has 1 saturated heterocycles. The Morgan fingerprint density at radius 1 is 1.50 bits per heavy atom. The van der Waals surface area contributed by atoms with Crippen molar-refractivity contribution in [2.24, 2.45) is 0 Å². The van der Waals surface area contributed by atoms with Crippen LogP contribution in [0.15, 0.2) is 18.2 Å². The topological polar surface area (TPSA) is 45.0 Å². The van der Waals surface area contributed by atoms with Crippen LogP contribution in [0.3, 0.4) is 0 Å². The number of hydrogen-bond acceptors (Lipinski definition) is 3. The smallest absolute Gasteiger partial charge is 0.0992 e. The van der Waals surface area contributed by atoms with Crippen molar-refractivity contribution in [1.82, 2.24) is 0 Å². The molecule has 14 heavy (non-hydrogen) atoms. The zero-order chi connectivity index (χ0) is 9.97. The van der Waals surface area contributed by atoms with Gasteiger partial charge in [-0.1, -0.05) is 11.6 Å². The maximum atomic E-state index is 8.71. The molecule has 0 saturated carbocycles. The van der Waals surface area contributed by atoms with E-state index in [-0.39, 0.29) is 0 Å². The first-order valence-corrected chi connectivity index (χ1v) is 4.71. The Kier molecular flexibility index (Phi) is 2.58. The number of nitriles is 1. The van der Waals surface area contributed by atoms with Crippen LogP contribution in [0.1, 0.15) is 5.56 Å². The van der Waals surface area contributed by atoms with Gasteiger partial charge < -0.3 is 10.1 Å². The zero-order valence-electron chi connectivity index (χ0n) is 7.46. The first-order chi connectivity index (χ1) is 6.79. The molecule has 0 aliphatic carbocycles. The molecule has 0 amide bonds. The summed E-state index contributed by atoms with van der Waals surface area (Å²) in [5.41, 5.74) is 1.41. The molecule has 1 aromatic rings. The molecular weight excluding hydrogens is 200 g/mol. The summed E-state index contributed by atoms with van der Waals surface area (Å²) in [5.74, 6) is 0. The number of ether oxygens (including phenoxy) is 1. The van der Waals surface area contributed by atoms with Gasteiger partial charge in [0.15, 0.2) is 0 Å². The molecule has 1 aromatic carbocycles. The Bertz CT molecular complexity index is 382. The number of anilines is 1. The molecule has 1 aliphatic rings. The molecule has 0 atom stereocenters. The second kappa shape index (κ2) is 3.87. The molecule has 0 spiro atoms. The largest absolute Gasteiger partial charge is 0.377 e. The van der Waals surface area contributed by atoms with Crippen LogP contribution in [-0.4, -0.2) is 19.3 Å². The lowest BCUT2D eigenvalue weighted by Gasteiger charge is -2.28. The first-order valence-electron chi connectivity index (χ1n) is 4.33. The molecule has 0 unspecified atom stereocenters. The lowest BCUT2D eigenvalue weighted by molar-refractivity contribution is 0.0211. The Balaban J connectivity index is 2.18. The van der Waals surface area contributed by atoms with E-state index in [9.17, 15) is 0 Å². The molecule has 1 aliphatic heterocycles. The molecule has 0 bridgehead atoms. The summed E-state index contributed by atoms with van der Waals surface area (Å²) in [6, 6.07) is 7.57. The molecule has 3 nitrogen and oxygen atoms in total. The van der Waals surface area contributed by atoms with Gasteiger partial charge in [-0.15, -0.1) is 0 Å². The lowest BCUT2D eigenvalue weighted by atomic mass is 10.2. The second-order valence-electron chi connectivity index (χ2n) is 3.19. The highest BCUT2D eigenvalue weighted by Crippen LogP contribution is 2.24. The maximum absolute atomic E-state index is 8.71. The molecule has 4 heteroatoms. The fourth-order valence-corrected chi connectivity index (χ4v) is 1.42. The van der Waals surface area contributed by atoms with E-state index in [0.29, 0.717) is 29.8 Å². The molecule has 0 aromatic heterocycles. The monoisotopic (exact) mass is 208 g/mol. The summed E-state index contributed by atoms with van der Waals surface area (Å²) < 4.78 is 5.03. The number of hydrogen-bond donors (Lipinski definition) is 1. The Labute approximate surface area is 87.2 Å². The quantitative estimate of drug-likeness (QED) is 0.809. The average molecular weight is 209 g/mol. The van der Waals surface area contributed by atoms with Crippen molar-refractivity contribution >= 4 is 17.3 Å². The van der Waals surface area contributed by atoms with Crippen LogP contribution in [0.2, 0.25) is 5.02 Å². The minimum Gasteiger partial charge on any atom is -0.377 e. The fourth-order valence-electron chi connectivity index (χ4n) is 1.24. The van der Waals surface area contributed by atoms with E-state index in [2.05, 4.69) is 11.4 Å². The summed E-state index contributed by atoms with van der Waals surface area (Å²) in [7, 11) is 0. The number of nitrogens with zero attached hydrogens (tertiary/aromatic N) is 1. The first kappa shape index (κ1) is 9.32. The molecule has 1 fully saturated rings. The van der Waals surface area contributed by atoms with Gasteiger partial charge in [0.05, 0.1) is 41.6 Å². The normalized spacial score (nSPS) is 15.7. The summed E-state index contributed by atoms with van der Waals surface area (Å²) in [5, 5.41) is 12.6. The van der Waals surface area contributed by atoms with Crippen molar-refractivity contribution in [2.75, 3.05) is 18.5 Å². The third-order valence-corrected chi connectivity index (χ3v) is 2.42. The Hall–Kier alpha value is -1.24. The van der Waals surface area contributed by atoms with Gasteiger partial charge in [0.1, 0.15) is 0 Å². The minimum atomic E-state index is 0.321. The lowest BCUT2D eigenvalue weighted by Crippen LogP contribution is -2.40.